The van der Waals surface area contributed by atoms with Crippen molar-refractivity contribution >= 4 is 6.03 Å². The first kappa shape index (κ1) is 16.6. The third-order valence-corrected chi connectivity index (χ3v) is 4.46. The highest BCUT2D eigenvalue weighted by atomic mass is 16.5. The van der Waals surface area contributed by atoms with Gasteiger partial charge in [-0.3, -0.25) is 0 Å². The number of hydrogen-bond donors (Lipinski definition) is 1. The molecule has 2 aromatic rings. The molecule has 1 N–H and O–H groups in total. The fourth-order valence-electron chi connectivity index (χ4n) is 3.23. The Kier molecular flexibility index (Phi) is 5.51. The van der Waals surface area contributed by atoms with Crippen molar-refractivity contribution in [3.63, 3.8) is 0 Å². The molecule has 1 saturated heterocycles. The molecule has 5 heteroatoms. The second kappa shape index (κ2) is 7.99. The molecule has 3 rings (SSSR count). The molecule has 5 nitrogen and oxygen atoms in total. The van der Waals surface area contributed by atoms with E-state index in [0.717, 1.165) is 50.1 Å². The number of hydrogen-bond acceptors (Lipinski definition) is 3. The van der Waals surface area contributed by atoms with E-state index in [0.29, 0.717) is 6.54 Å². The van der Waals surface area contributed by atoms with E-state index < -0.39 is 0 Å². The Morgan fingerprint density at radius 2 is 2.17 bits per heavy atom. The number of carbonyl (C=O) groups is 1. The van der Waals surface area contributed by atoms with Gasteiger partial charge in [0, 0.05) is 25.6 Å². The van der Waals surface area contributed by atoms with Crippen LogP contribution in [0.5, 0.6) is 0 Å². The second-order valence-electron chi connectivity index (χ2n) is 6.29. The Balaban J connectivity index is 1.55. The smallest absolute Gasteiger partial charge is 0.317 e. The molecule has 0 radical (unpaired) electrons. The molecule has 24 heavy (non-hydrogen) atoms. The van der Waals surface area contributed by atoms with Crippen LogP contribution in [0.1, 0.15) is 49.2 Å². The van der Waals surface area contributed by atoms with Crippen LogP contribution in [0.4, 0.5) is 4.79 Å². The lowest BCUT2D eigenvalue weighted by Crippen LogP contribution is -2.40. The van der Waals surface area contributed by atoms with Crippen LogP contribution < -0.4 is 5.32 Å². The number of amides is 2. The summed E-state index contributed by atoms with van der Waals surface area (Å²) in [6, 6.07) is 12.2. The first-order valence-corrected chi connectivity index (χ1v) is 8.82. The Morgan fingerprint density at radius 1 is 1.33 bits per heavy atom. The van der Waals surface area contributed by atoms with Crippen molar-refractivity contribution in [3.8, 4) is 0 Å². The van der Waals surface area contributed by atoms with Crippen molar-refractivity contribution in [2.45, 2.75) is 45.1 Å². The number of urea groups is 1. The Labute approximate surface area is 143 Å². The van der Waals surface area contributed by atoms with Gasteiger partial charge in [-0.05, 0) is 31.2 Å². The van der Waals surface area contributed by atoms with Crippen LogP contribution in [0.3, 0.4) is 0 Å². The van der Waals surface area contributed by atoms with Crippen molar-refractivity contribution < 1.29 is 9.32 Å². The molecular formula is C19H25N3O2. The number of rotatable bonds is 6. The van der Waals surface area contributed by atoms with E-state index in [1.165, 1.54) is 5.56 Å². The lowest BCUT2D eigenvalue weighted by Gasteiger charge is -2.23. The Morgan fingerprint density at radius 3 is 2.96 bits per heavy atom. The van der Waals surface area contributed by atoms with Crippen LogP contribution in [0.15, 0.2) is 40.9 Å². The van der Waals surface area contributed by atoms with Crippen LogP contribution >= 0.6 is 0 Å². The summed E-state index contributed by atoms with van der Waals surface area (Å²) in [4.78, 5) is 14.4. The van der Waals surface area contributed by atoms with Gasteiger partial charge in [-0.15, -0.1) is 0 Å². The van der Waals surface area contributed by atoms with Crippen LogP contribution in [0.25, 0.3) is 0 Å². The van der Waals surface area contributed by atoms with Gasteiger partial charge in [-0.1, -0.05) is 42.4 Å². The highest BCUT2D eigenvalue weighted by Gasteiger charge is 2.32. The fourth-order valence-corrected chi connectivity index (χ4v) is 3.23. The average molecular weight is 327 g/mol. The van der Waals surface area contributed by atoms with E-state index in [1.54, 1.807) is 0 Å². The molecule has 0 unspecified atom stereocenters. The molecule has 128 valence electrons. The van der Waals surface area contributed by atoms with Crippen molar-refractivity contribution in [1.82, 2.24) is 15.4 Å². The third kappa shape index (κ3) is 3.96. The van der Waals surface area contributed by atoms with Gasteiger partial charge in [0.2, 0.25) is 0 Å². The highest BCUT2D eigenvalue weighted by Crippen LogP contribution is 2.31. The number of likely N-dealkylation sites (tertiary alicyclic amines) is 1. The molecule has 1 fully saturated rings. The van der Waals surface area contributed by atoms with Gasteiger partial charge in [0.15, 0.2) is 0 Å². The molecular weight excluding hydrogens is 302 g/mol. The number of benzene rings is 1. The molecule has 0 aliphatic carbocycles. The number of nitrogens with one attached hydrogen (secondary N) is 1. The molecule has 2 amide bonds. The summed E-state index contributed by atoms with van der Waals surface area (Å²) >= 11 is 0. The van der Waals surface area contributed by atoms with Crippen LogP contribution in [0, 0.1) is 0 Å². The molecule has 1 aliphatic rings. The van der Waals surface area contributed by atoms with Crippen LogP contribution in [0.2, 0.25) is 0 Å². The lowest BCUT2D eigenvalue weighted by molar-refractivity contribution is 0.191. The van der Waals surface area contributed by atoms with E-state index in [9.17, 15) is 4.79 Å². The van der Waals surface area contributed by atoms with Gasteiger partial charge < -0.3 is 14.7 Å². The number of carbonyl (C=O) groups excluding carboxylic acids is 1. The third-order valence-electron chi connectivity index (χ3n) is 4.46. The fraction of sp³-hybridized carbons (Fsp3) is 0.474. The highest BCUT2D eigenvalue weighted by molar-refractivity contribution is 5.75. The minimum atomic E-state index is -0.00604. The molecule has 1 aromatic heterocycles. The molecule has 0 bridgehead atoms. The molecule has 2 heterocycles. The van der Waals surface area contributed by atoms with E-state index in [2.05, 4.69) is 29.5 Å². The number of aromatic nitrogens is 1. The average Bonchev–Trinajstić information content (AvgIpc) is 3.25. The zero-order valence-corrected chi connectivity index (χ0v) is 14.2. The minimum absolute atomic E-state index is 0.00604. The number of nitrogens with zero attached hydrogens (tertiary/aromatic N) is 2. The van der Waals surface area contributed by atoms with Crippen molar-refractivity contribution in [2.24, 2.45) is 0 Å². The summed E-state index contributed by atoms with van der Waals surface area (Å²) in [5.41, 5.74) is 2.12. The molecule has 1 aromatic carbocycles. The van der Waals surface area contributed by atoms with Crippen LogP contribution in [-0.4, -0.2) is 29.2 Å². The predicted octanol–water partition coefficient (Wildman–Crippen LogP) is 3.72. The SMILES string of the molecule is CCCc1cc([C@@H]2CCCN2C(=O)NCCc2ccccc2)no1. The molecule has 1 atom stereocenters. The molecule has 0 spiro atoms. The summed E-state index contributed by atoms with van der Waals surface area (Å²) in [6.07, 6.45) is 4.72. The van der Waals surface area contributed by atoms with E-state index >= 15 is 0 Å². The van der Waals surface area contributed by atoms with Gasteiger partial charge in [0.05, 0.1) is 6.04 Å². The zero-order chi connectivity index (χ0) is 16.8. The Hall–Kier alpha value is -2.30. The van der Waals surface area contributed by atoms with Crippen molar-refractivity contribution in [3.05, 3.63) is 53.4 Å². The van der Waals surface area contributed by atoms with Gasteiger partial charge in [0.25, 0.3) is 0 Å². The van der Waals surface area contributed by atoms with E-state index in [-0.39, 0.29) is 12.1 Å². The van der Waals surface area contributed by atoms with Gasteiger partial charge in [-0.25, -0.2) is 4.79 Å². The lowest BCUT2D eigenvalue weighted by atomic mass is 10.1. The second-order valence-corrected chi connectivity index (χ2v) is 6.29. The largest absolute Gasteiger partial charge is 0.361 e. The van der Waals surface area contributed by atoms with Crippen molar-refractivity contribution in [1.29, 1.82) is 0 Å². The predicted molar refractivity (Wildman–Crippen MR) is 92.7 cm³/mol. The first-order valence-electron chi connectivity index (χ1n) is 8.82. The summed E-state index contributed by atoms with van der Waals surface area (Å²) in [6.45, 7) is 3.54. The first-order chi connectivity index (χ1) is 11.8. The van der Waals surface area contributed by atoms with Gasteiger partial charge in [0.1, 0.15) is 11.5 Å². The normalized spacial score (nSPS) is 17.2. The summed E-state index contributed by atoms with van der Waals surface area (Å²) in [5, 5.41) is 7.21. The minimum Gasteiger partial charge on any atom is -0.361 e. The van der Waals surface area contributed by atoms with E-state index in [4.69, 9.17) is 4.52 Å². The molecule has 0 saturated carbocycles. The summed E-state index contributed by atoms with van der Waals surface area (Å²) in [5.74, 6) is 0.906. The maximum atomic E-state index is 12.5. The topological polar surface area (TPSA) is 58.4 Å². The zero-order valence-electron chi connectivity index (χ0n) is 14.2. The Bertz CT molecular complexity index is 654. The summed E-state index contributed by atoms with van der Waals surface area (Å²) < 4.78 is 5.38. The molecule has 1 aliphatic heterocycles. The van der Waals surface area contributed by atoms with Crippen molar-refractivity contribution in [2.75, 3.05) is 13.1 Å². The quantitative estimate of drug-likeness (QED) is 0.880. The van der Waals surface area contributed by atoms with Crippen LogP contribution in [-0.2, 0) is 12.8 Å². The van der Waals surface area contributed by atoms with Gasteiger partial charge in [-0.2, -0.15) is 0 Å². The maximum absolute atomic E-state index is 12.5. The number of aryl methyl sites for hydroxylation is 1. The standard InChI is InChI=1S/C19H25N3O2/c1-2-7-16-14-17(21-24-16)18-10-6-13-22(18)19(23)20-12-11-15-8-4-3-5-9-15/h3-5,8-9,14,18H,2,6-7,10-13H2,1H3,(H,20,23)/t18-/m0/s1. The van der Waals surface area contributed by atoms with Gasteiger partial charge >= 0.3 is 6.03 Å². The van der Waals surface area contributed by atoms with E-state index in [1.807, 2.05) is 29.2 Å². The maximum Gasteiger partial charge on any atom is 0.317 e. The monoisotopic (exact) mass is 327 g/mol. The summed E-state index contributed by atoms with van der Waals surface area (Å²) in [7, 11) is 0.